The Morgan fingerprint density at radius 3 is 2.28 bits per heavy atom. The molecule has 0 aliphatic carbocycles. The summed E-state index contributed by atoms with van der Waals surface area (Å²) in [6.07, 6.45) is 1.61. The molecule has 1 N–H and O–H groups in total. The van der Waals surface area contributed by atoms with Gasteiger partial charge in [0.2, 0.25) is 5.91 Å². The molecule has 6 heteroatoms. The molecule has 6 nitrogen and oxygen atoms in total. The van der Waals surface area contributed by atoms with Crippen LogP contribution in [0.25, 0.3) is 0 Å². The number of anilines is 1. The minimum Gasteiger partial charge on any atom is -0.464 e. The van der Waals surface area contributed by atoms with Crippen LogP contribution in [0.5, 0.6) is 0 Å². The first kappa shape index (κ1) is 22.9. The van der Waals surface area contributed by atoms with Crippen molar-refractivity contribution < 1.29 is 14.0 Å². The summed E-state index contributed by atoms with van der Waals surface area (Å²) in [6, 6.07) is 20.7. The number of benzene rings is 2. The summed E-state index contributed by atoms with van der Waals surface area (Å²) in [4.78, 5) is 29.3. The molecule has 32 heavy (non-hydrogen) atoms. The average Bonchev–Trinajstić information content (AvgIpc) is 3.20. The molecular weight excluding hydrogens is 402 g/mol. The number of rotatable bonds is 9. The third kappa shape index (κ3) is 6.60. The molecule has 0 saturated heterocycles. The third-order valence-electron chi connectivity index (χ3n) is 4.98. The molecule has 1 aromatic heterocycles. The lowest BCUT2D eigenvalue weighted by atomic mass is 10.2. The lowest BCUT2D eigenvalue weighted by Crippen LogP contribution is -2.44. The van der Waals surface area contributed by atoms with Gasteiger partial charge in [0.25, 0.3) is 0 Å². The second kappa shape index (κ2) is 11.0. The van der Waals surface area contributed by atoms with Crippen molar-refractivity contribution in [2.45, 2.75) is 26.9 Å². The SMILES string of the molecule is C=CCN(CC(=O)N(Cc1ccccc1)Cc1ccc(C)o1)C(=O)Nc1ccc(C)cc1. The highest BCUT2D eigenvalue weighted by atomic mass is 16.3. The van der Waals surface area contributed by atoms with Crippen LogP contribution in [0.4, 0.5) is 10.5 Å². The predicted octanol–water partition coefficient (Wildman–Crippen LogP) is 5.15. The summed E-state index contributed by atoms with van der Waals surface area (Å²) >= 11 is 0. The molecule has 0 aliphatic heterocycles. The maximum absolute atomic E-state index is 13.3. The van der Waals surface area contributed by atoms with Gasteiger partial charge < -0.3 is 19.5 Å². The number of hydrogen-bond donors (Lipinski definition) is 1. The molecule has 0 fully saturated rings. The summed E-state index contributed by atoms with van der Waals surface area (Å²) in [6.45, 7) is 8.50. The quantitative estimate of drug-likeness (QED) is 0.477. The number of carbonyl (C=O) groups excluding carboxylic acids is 2. The Kier molecular flexibility index (Phi) is 7.86. The smallest absolute Gasteiger partial charge is 0.322 e. The van der Waals surface area contributed by atoms with Gasteiger partial charge in [-0.1, -0.05) is 54.1 Å². The van der Waals surface area contributed by atoms with Crippen LogP contribution in [-0.2, 0) is 17.9 Å². The van der Waals surface area contributed by atoms with Gasteiger partial charge in [-0.15, -0.1) is 6.58 Å². The maximum atomic E-state index is 13.3. The topological polar surface area (TPSA) is 65.8 Å². The summed E-state index contributed by atoms with van der Waals surface area (Å²) in [5.74, 6) is 1.31. The number of carbonyl (C=O) groups is 2. The summed E-state index contributed by atoms with van der Waals surface area (Å²) < 4.78 is 5.69. The Hall–Kier alpha value is -3.80. The Balaban J connectivity index is 1.73. The highest BCUT2D eigenvalue weighted by Gasteiger charge is 2.22. The molecule has 0 saturated carbocycles. The molecule has 3 rings (SSSR count). The van der Waals surface area contributed by atoms with E-state index in [1.807, 2.05) is 80.6 Å². The summed E-state index contributed by atoms with van der Waals surface area (Å²) in [5.41, 5.74) is 2.78. The third-order valence-corrected chi connectivity index (χ3v) is 4.98. The van der Waals surface area contributed by atoms with E-state index >= 15 is 0 Å². The monoisotopic (exact) mass is 431 g/mol. The van der Waals surface area contributed by atoms with Crippen molar-refractivity contribution in [1.29, 1.82) is 0 Å². The number of aryl methyl sites for hydroxylation is 2. The Morgan fingerprint density at radius 1 is 0.938 bits per heavy atom. The van der Waals surface area contributed by atoms with Gasteiger partial charge in [0, 0.05) is 18.8 Å². The van der Waals surface area contributed by atoms with Gasteiger partial charge in [-0.25, -0.2) is 4.79 Å². The van der Waals surface area contributed by atoms with Crippen molar-refractivity contribution in [2.24, 2.45) is 0 Å². The molecule has 0 atom stereocenters. The first-order valence-corrected chi connectivity index (χ1v) is 10.5. The zero-order valence-electron chi connectivity index (χ0n) is 18.6. The molecule has 0 radical (unpaired) electrons. The molecule has 1 heterocycles. The highest BCUT2D eigenvalue weighted by Crippen LogP contribution is 2.15. The predicted molar refractivity (Wildman–Crippen MR) is 126 cm³/mol. The van der Waals surface area contributed by atoms with Crippen LogP contribution in [-0.4, -0.2) is 34.8 Å². The van der Waals surface area contributed by atoms with Gasteiger partial charge in [-0.2, -0.15) is 0 Å². The van der Waals surface area contributed by atoms with Crippen LogP contribution in [0.1, 0.15) is 22.6 Å². The molecule has 3 aromatic rings. The van der Waals surface area contributed by atoms with E-state index in [-0.39, 0.29) is 25.0 Å². The summed E-state index contributed by atoms with van der Waals surface area (Å²) in [5, 5.41) is 2.85. The number of nitrogens with one attached hydrogen (secondary N) is 1. The van der Waals surface area contributed by atoms with Gasteiger partial charge in [0.15, 0.2) is 0 Å². The van der Waals surface area contributed by atoms with Crippen LogP contribution in [0.15, 0.2) is 83.8 Å². The maximum Gasteiger partial charge on any atom is 0.322 e. The van der Waals surface area contributed by atoms with E-state index < -0.39 is 0 Å². The minimum absolute atomic E-state index is 0.0732. The molecule has 166 valence electrons. The van der Waals surface area contributed by atoms with Gasteiger partial charge >= 0.3 is 6.03 Å². The van der Waals surface area contributed by atoms with Gasteiger partial charge in [-0.05, 0) is 43.7 Å². The van der Waals surface area contributed by atoms with E-state index in [9.17, 15) is 9.59 Å². The number of hydrogen-bond acceptors (Lipinski definition) is 3. The standard InChI is InChI=1S/C26H29N3O3/c1-4-16-28(26(31)27-23-13-10-20(2)11-14-23)19-25(30)29(17-22-8-6-5-7-9-22)18-24-15-12-21(3)32-24/h4-15H,1,16-19H2,2-3H3,(H,27,31). The van der Waals surface area contributed by atoms with E-state index in [0.717, 1.165) is 16.9 Å². The van der Waals surface area contributed by atoms with Gasteiger partial charge in [-0.3, -0.25) is 4.79 Å². The zero-order chi connectivity index (χ0) is 22.9. The van der Waals surface area contributed by atoms with Gasteiger partial charge in [0.1, 0.15) is 18.1 Å². The zero-order valence-corrected chi connectivity index (χ0v) is 18.6. The molecule has 0 bridgehead atoms. The second-order valence-corrected chi connectivity index (χ2v) is 7.71. The van der Waals surface area contributed by atoms with Crippen LogP contribution < -0.4 is 5.32 Å². The first-order chi connectivity index (χ1) is 15.4. The molecule has 0 aliphatic rings. The summed E-state index contributed by atoms with van der Waals surface area (Å²) in [7, 11) is 0. The highest BCUT2D eigenvalue weighted by molar-refractivity contribution is 5.92. The van der Waals surface area contributed by atoms with Crippen molar-refractivity contribution in [3.05, 3.63) is 102 Å². The average molecular weight is 432 g/mol. The van der Waals surface area contributed by atoms with Gasteiger partial charge in [0.05, 0.1) is 6.54 Å². The molecule has 3 amide bonds. The Labute approximate surface area is 189 Å². The molecule has 0 spiro atoms. The number of nitrogens with zero attached hydrogens (tertiary/aromatic N) is 2. The van der Waals surface area contributed by atoms with Crippen LogP contribution in [0.3, 0.4) is 0 Å². The van der Waals surface area contributed by atoms with E-state index in [1.54, 1.807) is 11.0 Å². The van der Waals surface area contributed by atoms with Crippen LogP contribution >= 0.6 is 0 Å². The van der Waals surface area contributed by atoms with E-state index in [4.69, 9.17) is 4.42 Å². The largest absolute Gasteiger partial charge is 0.464 e. The van der Waals surface area contributed by atoms with E-state index in [1.165, 1.54) is 4.90 Å². The van der Waals surface area contributed by atoms with Crippen LogP contribution in [0.2, 0.25) is 0 Å². The van der Waals surface area contributed by atoms with E-state index in [0.29, 0.717) is 24.5 Å². The number of amides is 3. The van der Waals surface area contributed by atoms with Crippen molar-refractivity contribution in [2.75, 3.05) is 18.4 Å². The fourth-order valence-electron chi connectivity index (χ4n) is 3.27. The van der Waals surface area contributed by atoms with Crippen molar-refractivity contribution in [3.8, 4) is 0 Å². The van der Waals surface area contributed by atoms with Crippen molar-refractivity contribution in [1.82, 2.24) is 9.80 Å². The first-order valence-electron chi connectivity index (χ1n) is 10.5. The minimum atomic E-state index is -0.351. The lowest BCUT2D eigenvalue weighted by Gasteiger charge is -2.27. The number of furan rings is 1. The Morgan fingerprint density at radius 2 is 1.66 bits per heavy atom. The molecule has 0 unspecified atom stereocenters. The van der Waals surface area contributed by atoms with Crippen LogP contribution in [0, 0.1) is 13.8 Å². The lowest BCUT2D eigenvalue weighted by molar-refractivity contribution is -0.133. The normalized spacial score (nSPS) is 10.4. The van der Waals surface area contributed by atoms with Crippen molar-refractivity contribution >= 4 is 17.6 Å². The second-order valence-electron chi connectivity index (χ2n) is 7.71. The fourth-order valence-corrected chi connectivity index (χ4v) is 3.27. The van der Waals surface area contributed by atoms with E-state index in [2.05, 4.69) is 11.9 Å². The molecular formula is C26H29N3O3. The fraction of sp³-hybridized carbons (Fsp3) is 0.231. The van der Waals surface area contributed by atoms with Crippen molar-refractivity contribution in [3.63, 3.8) is 0 Å². The number of urea groups is 1. The molecule has 2 aromatic carbocycles. The Bertz CT molecular complexity index is 1040.